The summed E-state index contributed by atoms with van der Waals surface area (Å²) >= 11 is 1.32. The summed E-state index contributed by atoms with van der Waals surface area (Å²) in [6.07, 6.45) is -0.275. The van der Waals surface area contributed by atoms with E-state index in [1.807, 2.05) is 48.7 Å². The number of aromatic nitrogens is 3. The highest BCUT2D eigenvalue weighted by molar-refractivity contribution is 7.99. The van der Waals surface area contributed by atoms with Crippen LogP contribution >= 0.6 is 11.8 Å². The van der Waals surface area contributed by atoms with Gasteiger partial charge in [-0.25, -0.2) is 0 Å². The number of nitrogens with one attached hydrogen (secondary N) is 1. The first-order chi connectivity index (χ1) is 14.5. The van der Waals surface area contributed by atoms with E-state index in [2.05, 4.69) is 15.5 Å². The lowest BCUT2D eigenvalue weighted by atomic mass is 10.1. The van der Waals surface area contributed by atoms with Crippen LogP contribution in [0.1, 0.15) is 43.1 Å². The van der Waals surface area contributed by atoms with Crippen molar-refractivity contribution in [3.63, 3.8) is 0 Å². The first-order valence-corrected chi connectivity index (χ1v) is 10.6. The van der Waals surface area contributed by atoms with Crippen LogP contribution in [0.2, 0.25) is 0 Å². The molecule has 0 bridgehead atoms. The Kier molecular flexibility index (Phi) is 7.24. The number of hydrogen-bond acceptors (Lipinski definition) is 6. The van der Waals surface area contributed by atoms with Crippen LogP contribution in [0.4, 0.5) is 5.69 Å². The number of amides is 1. The molecule has 0 saturated carbocycles. The minimum absolute atomic E-state index is 0.0105. The lowest BCUT2D eigenvalue weighted by Crippen LogP contribution is -2.15. The third-order valence-corrected chi connectivity index (χ3v) is 5.36. The van der Waals surface area contributed by atoms with Crippen molar-refractivity contribution in [2.24, 2.45) is 0 Å². The largest absolute Gasteiger partial charge is 0.483 e. The molecule has 3 rings (SSSR count). The molecule has 1 atom stereocenters. The summed E-state index contributed by atoms with van der Waals surface area (Å²) in [6, 6.07) is 16.4. The molecule has 0 saturated heterocycles. The zero-order valence-corrected chi connectivity index (χ0v) is 18.0. The molecule has 0 aliphatic heterocycles. The predicted octanol–water partition coefficient (Wildman–Crippen LogP) is 4.37. The van der Waals surface area contributed by atoms with E-state index in [0.717, 1.165) is 5.75 Å². The van der Waals surface area contributed by atoms with Crippen LogP contribution in [-0.4, -0.2) is 32.2 Å². The molecule has 1 N–H and O–H groups in total. The normalized spacial score (nSPS) is 11.7. The standard InChI is InChI=1S/C22H24N4O3S/c1-4-26-21(16(3)29-19-8-6-5-7-9-19)24-25-22(26)30-14-20(28)23-18-12-10-17(11-13-18)15(2)27/h5-13,16H,4,14H2,1-3H3,(H,23,28)/t16-/m0/s1. The maximum atomic E-state index is 12.3. The van der Waals surface area contributed by atoms with E-state index in [1.165, 1.54) is 18.7 Å². The second-order valence-electron chi connectivity index (χ2n) is 6.63. The van der Waals surface area contributed by atoms with E-state index in [9.17, 15) is 9.59 Å². The van der Waals surface area contributed by atoms with Crippen LogP contribution in [0.5, 0.6) is 5.75 Å². The minimum atomic E-state index is -0.275. The molecule has 8 heteroatoms. The number of ether oxygens (including phenoxy) is 1. The van der Waals surface area contributed by atoms with E-state index in [1.54, 1.807) is 24.3 Å². The number of Topliss-reactive ketones (excluding diaryl/α,β-unsaturated/α-hetero) is 1. The number of rotatable bonds is 9. The average molecular weight is 425 g/mol. The molecule has 0 aliphatic carbocycles. The highest BCUT2D eigenvalue weighted by Gasteiger charge is 2.19. The summed E-state index contributed by atoms with van der Waals surface area (Å²) in [4.78, 5) is 23.6. The van der Waals surface area contributed by atoms with E-state index in [-0.39, 0.29) is 23.5 Å². The Bertz CT molecular complexity index is 1000. The predicted molar refractivity (Wildman–Crippen MR) is 117 cm³/mol. The molecule has 0 fully saturated rings. The molecule has 0 unspecified atom stereocenters. The Morgan fingerprint density at radius 2 is 1.80 bits per heavy atom. The van der Waals surface area contributed by atoms with Crippen molar-refractivity contribution >= 4 is 29.1 Å². The maximum absolute atomic E-state index is 12.3. The van der Waals surface area contributed by atoms with Gasteiger partial charge in [0.25, 0.3) is 0 Å². The van der Waals surface area contributed by atoms with Gasteiger partial charge in [0, 0.05) is 17.8 Å². The molecule has 1 amide bonds. The highest BCUT2D eigenvalue weighted by atomic mass is 32.2. The summed E-state index contributed by atoms with van der Waals surface area (Å²) < 4.78 is 7.90. The minimum Gasteiger partial charge on any atom is -0.483 e. The molecule has 0 aliphatic rings. The van der Waals surface area contributed by atoms with Gasteiger partial charge in [0.1, 0.15) is 5.75 Å². The first-order valence-electron chi connectivity index (χ1n) is 9.66. The van der Waals surface area contributed by atoms with Gasteiger partial charge < -0.3 is 14.6 Å². The van der Waals surface area contributed by atoms with Crippen molar-refractivity contribution in [1.82, 2.24) is 14.8 Å². The molecule has 7 nitrogen and oxygen atoms in total. The SMILES string of the molecule is CCn1c(SCC(=O)Nc2ccc(C(C)=O)cc2)nnc1[C@H](C)Oc1ccccc1. The Morgan fingerprint density at radius 3 is 2.43 bits per heavy atom. The zero-order valence-electron chi connectivity index (χ0n) is 17.2. The van der Waals surface area contributed by atoms with Crippen molar-refractivity contribution in [3.05, 3.63) is 66.0 Å². The van der Waals surface area contributed by atoms with E-state index < -0.39 is 0 Å². The van der Waals surface area contributed by atoms with Gasteiger partial charge in [-0.2, -0.15) is 0 Å². The van der Waals surface area contributed by atoms with Gasteiger partial charge >= 0.3 is 0 Å². The highest BCUT2D eigenvalue weighted by Crippen LogP contribution is 2.24. The fourth-order valence-electron chi connectivity index (χ4n) is 2.88. The van der Waals surface area contributed by atoms with E-state index in [0.29, 0.717) is 28.8 Å². The summed E-state index contributed by atoms with van der Waals surface area (Å²) in [5.41, 5.74) is 1.26. The molecule has 3 aromatic rings. The molecular weight excluding hydrogens is 400 g/mol. The van der Waals surface area contributed by atoms with E-state index in [4.69, 9.17) is 4.74 Å². The third-order valence-electron chi connectivity index (χ3n) is 4.39. The number of carbonyl (C=O) groups excluding carboxylic acids is 2. The quantitative estimate of drug-likeness (QED) is 0.405. The van der Waals surface area contributed by atoms with Crippen LogP contribution in [-0.2, 0) is 11.3 Å². The topological polar surface area (TPSA) is 86.1 Å². The van der Waals surface area contributed by atoms with Gasteiger partial charge in [-0.1, -0.05) is 30.0 Å². The summed E-state index contributed by atoms with van der Waals surface area (Å²) in [6.45, 7) is 6.10. The number of para-hydroxylation sites is 1. The molecule has 0 spiro atoms. The van der Waals surface area contributed by atoms with Gasteiger partial charge in [-0.15, -0.1) is 10.2 Å². The fourth-order valence-corrected chi connectivity index (χ4v) is 3.69. The maximum Gasteiger partial charge on any atom is 0.234 e. The van der Waals surface area contributed by atoms with Crippen molar-refractivity contribution in [3.8, 4) is 5.75 Å². The Labute approximate surface area is 179 Å². The molecule has 2 aromatic carbocycles. The second-order valence-corrected chi connectivity index (χ2v) is 7.57. The van der Waals surface area contributed by atoms with Gasteiger partial charge in [-0.3, -0.25) is 9.59 Å². The van der Waals surface area contributed by atoms with Crippen LogP contribution in [0, 0.1) is 0 Å². The number of hydrogen-bond donors (Lipinski definition) is 1. The lowest BCUT2D eigenvalue weighted by molar-refractivity contribution is -0.113. The number of carbonyl (C=O) groups is 2. The Hall–Kier alpha value is -3.13. The molecule has 1 aromatic heterocycles. The van der Waals surface area contributed by atoms with Crippen LogP contribution in [0.25, 0.3) is 0 Å². The van der Waals surface area contributed by atoms with Crippen molar-refractivity contribution in [2.75, 3.05) is 11.1 Å². The van der Waals surface area contributed by atoms with Gasteiger partial charge in [0.2, 0.25) is 5.91 Å². The number of ketones is 1. The first kappa shape index (κ1) is 21.6. The molecule has 0 radical (unpaired) electrons. The van der Waals surface area contributed by atoms with Crippen molar-refractivity contribution < 1.29 is 14.3 Å². The summed E-state index contributed by atoms with van der Waals surface area (Å²) in [5, 5.41) is 12.0. The van der Waals surface area contributed by atoms with Gasteiger partial charge in [0.15, 0.2) is 22.9 Å². The van der Waals surface area contributed by atoms with E-state index >= 15 is 0 Å². The fraction of sp³-hybridized carbons (Fsp3) is 0.273. The molecule has 30 heavy (non-hydrogen) atoms. The van der Waals surface area contributed by atoms with Crippen LogP contribution < -0.4 is 10.1 Å². The van der Waals surface area contributed by atoms with Gasteiger partial charge in [0.05, 0.1) is 5.75 Å². The van der Waals surface area contributed by atoms with Gasteiger partial charge in [-0.05, 0) is 57.2 Å². The number of nitrogens with zero attached hydrogens (tertiary/aromatic N) is 3. The number of benzene rings is 2. The molecular formula is C22H24N4O3S. The zero-order chi connectivity index (χ0) is 21.5. The Morgan fingerprint density at radius 1 is 1.10 bits per heavy atom. The third kappa shape index (κ3) is 5.48. The number of thioether (sulfide) groups is 1. The van der Waals surface area contributed by atoms with Crippen molar-refractivity contribution in [1.29, 1.82) is 0 Å². The molecule has 156 valence electrons. The summed E-state index contributed by atoms with van der Waals surface area (Å²) in [5.74, 6) is 1.50. The monoisotopic (exact) mass is 424 g/mol. The Balaban J connectivity index is 1.60. The smallest absolute Gasteiger partial charge is 0.234 e. The summed E-state index contributed by atoms with van der Waals surface area (Å²) in [7, 11) is 0. The van der Waals surface area contributed by atoms with Crippen LogP contribution in [0.15, 0.2) is 59.8 Å². The average Bonchev–Trinajstić information content (AvgIpc) is 3.16. The molecule has 1 heterocycles. The lowest BCUT2D eigenvalue weighted by Gasteiger charge is -2.15. The second kappa shape index (κ2) is 10.1. The number of anilines is 1. The van der Waals surface area contributed by atoms with Crippen LogP contribution in [0.3, 0.4) is 0 Å². The van der Waals surface area contributed by atoms with Crippen molar-refractivity contribution in [2.45, 2.75) is 38.6 Å².